The van der Waals surface area contributed by atoms with E-state index in [2.05, 4.69) is 15.4 Å². The van der Waals surface area contributed by atoms with Gasteiger partial charge in [0, 0.05) is 18.2 Å². The van der Waals surface area contributed by atoms with E-state index in [9.17, 15) is 4.79 Å². The Morgan fingerprint density at radius 3 is 2.42 bits per heavy atom. The Balaban J connectivity index is 2.35. The minimum atomic E-state index is -1.01. The molecule has 0 aliphatic rings. The summed E-state index contributed by atoms with van der Waals surface area (Å²) in [7, 11) is 3.06. The summed E-state index contributed by atoms with van der Waals surface area (Å²) in [6, 6.07) is 5.09. The number of methoxy groups -OCH3 is 2. The lowest BCUT2D eigenvalue weighted by molar-refractivity contribution is -0.136. The molecule has 2 rings (SSSR count). The van der Waals surface area contributed by atoms with Crippen LogP contribution in [0.4, 0.5) is 0 Å². The van der Waals surface area contributed by atoms with Gasteiger partial charge in [-0.1, -0.05) is 0 Å². The van der Waals surface area contributed by atoms with Gasteiger partial charge in [-0.05, 0) is 5.21 Å². The molecular weight excluding hydrogens is 252 g/mol. The van der Waals surface area contributed by atoms with Gasteiger partial charge in [-0.15, -0.1) is 15.0 Å². The normalized spacial score (nSPS) is 10.2. The molecule has 1 aromatic heterocycles. The second kappa shape index (κ2) is 5.34. The van der Waals surface area contributed by atoms with Crippen molar-refractivity contribution < 1.29 is 19.4 Å². The van der Waals surface area contributed by atoms with Crippen LogP contribution in [0.25, 0.3) is 5.69 Å². The average molecular weight is 264 g/mol. The molecule has 0 fully saturated rings. The first-order valence-electron chi connectivity index (χ1n) is 5.36. The van der Waals surface area contributed by atoms with Crippen molar-refractivity contribution in [2.45, 2.75) is 6.42 Å². The molecule has 0 aliphatic heterocycles. The molecule has 0 saturated carbocycles. The fourth-order valence-electron chi connectivity index (χ4n) is 1.47. The molecule has 0 atom stereocenters. The van der Waals surface area contributed by atoms with Crippen molar-refractivity contribution in [3.05, 3.63) is 24.0 Å². The first-order chi connectivity index (χ1) is 9.12. The molecule has 8 nitrogen and oxygen atoms in total. The van der Waals surface area contributed by atoms with Crippen molar-refractivity contribution in [3.8, 4) is 17.2 Å². The second-order valence-corrected chi connectivity index (χ2v) is 3.64. The predicted octanol–water partition coefficient (Wildman–Crippen LogP) is 0.307. The molecule has 0 amide bonds. The SMILES string of the molecule is COc1cc(OC)cc(-n2nnc(CC(=O)O)n2)c1. The molecule has 19 heavy (non-hydrogen) atoms. The van der Waals surface area contributed by atoms with E-state index in [1.54, 1.807) is 18.2 Å². The van der Waals surface area contributed by atoms with Crippen molar-refractivity contribution >= 4 is 5.97 Å². The Kier molecular flexibility index (Phi) is 3.60. The number of nitrogens with zero attached hydrogens (tertiary/aromatic N) is 4. The van der Waals surface area contributed by atoms with Gasteiger partial charge in [-0.3, -0.25) is 4.79 Å². The smallest absolute Gasteiger partial charge is 0.311 e. The monoisotopic (exact) mass is 264 g/mol. The number of carboxylic acids is 1. The number of hydrogen-bond acceptors (Lipinski definition) is 6. The van der Waals surface area contributed by atoms with E-state index in [-0.39, 0.29) is 12.2 Å². The van der Waals surface area contributed by atoms with Crippen LogP contribution in [0.3, 0.4) is 0 Å². The molecule has 0 spiro atoms. The van der Waals surface area contributed by atoms with Crippen LogP contribution < -0.4 is 9.47 Å². The van der Waals surface area contributed by atoms with Gasteiger partial charge in [0.05, 0.1) is 19.9 Å². The Morgan fingerprint density at radius 2 is 1.89 bits per heavy atom. The van der Waals surface area contributed by atoms with Gasteiger partial charge in [0.15, 0.2) is 5.82 Å². The van der Waals surface area contributed by atoms with E-state index in [1.165, 1.54) is 19.0 Å². The van der Waals surface area contributed by atoms with Crippen LogP contribution in [0.5, 0.6) is 11.5 Å². The van der Waals surface area contributed by atoms with Crippen molar-refractivity contribution in [1.29, 1.82) is 0 Å². The number of hydrogen-bond donors (Lipinski definition) is 1. The maximum absolute atomic E-state index is 10.6. The lowest BCUT2D eigenvalue weighted by Gasteiger charge is -2.06. The van der Waals surface area contributed by atoms with Gasteiger partial charge in [0.25, 0.3) is 0 Å². The van der Waals surface area contributed by atoms with Gasteiger partial charge >= 0.3 is 5.97 Å². The zero-order chi connectivity index (χ0) is 13.8. The number of benzene rings is 1. The Morgan fingerprint density at radius 1 is 1.26 bits per heavy atom. The van der Waals surface area contributed by atoms with Crippen LogP contribution in [0, 0.1) is 0 Å². The molecule has 1 aromatic carbocycles. The number of carbonyl (C=O) groups is 1. The van der Waals surface area contributed by atoms with Crippen molar-refractivity contribution in [1.82, 2.24) is 20.2 Å². The summed E-state index contributed by atoms with van der Waals surface area (Å²) in [5.41, 5.74) is 0.570. The molecule has 100 valence electrons. The van der Waals surface area contributed by atoms with Crippen molar-refractivity contribution in [2.75, 3.05) is 14.2 Å². The fourth-order valence-corrected chi connectivity index (χ4v) is 1.47. The fraction of sp³-hybridized carbons (Fsp3) is 0.273. The van der Waals surface area contributed by atoms with Gasteiger partial charge < -0.3 is 14.6 Å². The lowest BCUT2D eigenvalue weighted by atomic mass is 10.3. The molecule has 8 heteroatoms. The average Bonchev–Trinajstić information content (AvgIpc) is 2.85. The molecule has 0 bridgehead atoms. The summed E-state index contributed by atoms with van der Waals surface area (Å²) in [4.78, 5) is 11.8. The van der Waals surface area contributed by atoms with Crippen LogP contribution >= 0.6 is 0 Å². The lowest BCUT2D eigenvalue weighted by Crippen LogP contribution is -2.04. The first kappa shape index (κ1) is 12.8. The minimum Gasteiger partial charge on any atom is -0.497 e. The zero-order valence-electron chi connectivity index (χ0n) is 10.4. The summed E-state index contributed by atoms with van der Waals surface area (Å²) < 4.78 is 10.3. The van der Waals surface area contributed by atoms with Gasteiger partial charge in [0.2, 0.25) is 0 Å². The van der Waals surface area contributed by atoms with Gasteiger partial charge in [0.1, 0.15) is 17.9 Å². The molecular formula is C11H12N4O4. The number of carboxylic acid groups (broad SMARTS) is 1. The maximum atomic E-state index is 10.6. The van der Waals surface area contributed by atoms with E-state index in [0.717, 1.165) is 0 Å². The standard InChI is InChI=1S/C11H12N4O4/c1-18-8-3-7(4-9(5-8)19-2)15-13-10(12-14-15)6-11(16)17/h3-5H,6H2,1-2H3,(H,16,17). The second-order valence-electron chi connectivity index (χ2n) is 3.64. The Bertz CT molecular complexity index is 574. The third-order valence-electron chi connectivity index (χ3n) is 2.33. The van der Waals surface area contributed by atoms with E-state index in [4.69, 9.17) is 14.6 Å². The van der Waals surface area contributed by atoms with E-state index < -0.39 is 5.97 Å². The zero-order valence-corrected chi connectivity index (χ0v) is 10.4. The highest BCUT2D eigenvalue weighted by Gasteiger charge is 2.10. The quantitative estimate of drug-likeness (QED) is 0.829. The largest absolute Gasteiger partial charge is 0.497 e. The van der Waals surface area contributed by atoms with Crippen molar-refractivity contribution in [2.24, 2.45) is 0 Å². The first-order valence-corrected chi connectivity index (χ1v) is 5.36. The van der Waals surface area contributed by atoms with Crippen LogP contribution in [0.2, 0.25) is 0 Å². The number of aromatic nitrogens is 4. The van der Waals surface area contributed by atoms with E-state index >= 15 is 0 Å². The molecule has 1 heterocycles. The summed E-state index contributed by atoms with van der Waals surface area (Å²) in [5, 5.41) is 20.1. The van der Waals surface area contributed by atoms with Crippen LogP contribution in [0.1, 0.15) is 5.82 Å². The third kappa shape index (κ3) is 2.97. The molecule has 0 radical (unpaired) electrons. The van der Waals surface area contributed by atoms with Gasteiger partial charge in [-0.25, -0.2) is 0 Å². The Labute approximate surface area is 108 Å². The van der Waals surface area contributed by atoms with E-state index in [0.29, 0.717) is 17.2 Å². The molecule has 1 N–H and O–H groups in total. The summed E-state index contributed by atoms with van der Waals surface area (Å²) >= 11 is 0. The summed E-state index contributed by atoms with van der Waals surface area (Å²) in [6.07, 6.45) is -0.277. The van der Waals surface area contributed by atoms with Gasteiger partial charge in [-0.2, -0.15) is 0 Å². The maximum Gasteiger partial charge on any atom is 0.311 e. The third-order valence-corrected chi connectivity index (χ3v) is 2.33. The minimum absolute atomic E-state index is 0.134. The molecule has 0 saturated heterocycles. The Hall–Kier alpha value is -2.64. The molecule has 0 aliphatic carbocycles. The van der Waals surface area contributed by atoms with E-state index in [1.807, 2.05) is 0 Å². The summed E-state index contributed by atoms with van der Waals surface area (Å²) in [6.45, 7) is 0. The number of ether oxygens (including phenoxy) is 2. The van der Waals surface area contributed by atoms with Crippen LogP contribution in [-0.4, -0.2) is 45.5 Å². The van der Waals surface area contributed by atoms with Crippen LogP contribution in [0.15, 0.2) is 18.2 Å². The number of aliphatic carboxylic acids is 1. The summed E-state index contributed by atoms with van der Waals surface area (Å²) in [5.74, 6) is 0.273. The highest BCUT2D eigenvalue weighted by Crippen LogP contribution is 2.23. The number of rotatable bonds is 5. The predicted molar refractivity (Wildman–Crippen MR) is 63.6 cm³/mol. The number of tetrazole rings is 1. The molecule has 2 aromatic rings. The van der Waals surface area contributed by atoms with Crippen LogP contribution in [-0.2, 0) is 11.2 Å². The topological polar surface area (TPSA) is 99.4 Å². The highest BCUT2D eigenvalue weighted by molar-refractivity contribution is 5.68. The van der Waals surface area contributed by atoms with Crippen molar-refractivity contribution in [3.63, 3.8) is 0 Å². The molecule has 0 unspecified atom stereocenters. The highest BCUT2D eigenvalue weighted by atomic mass is 16.5.